The summed E-state index contributed by atoms with van der Waals surface area (Å²) in [5.74, 6) is 1.26. The Kier molecular flexibility index (Phi) is 7.58. The van der Waals surface area contributed by atoms with E-state index in [1.807, 2.05) is 25.1 Å². The molecule has 3 aliphatic rings. The number of cyclic esters (lactones) is 1. The highest BCUT2D eigenvalue weighted by Crippen LogP contribution is 2.54. The number of carbonyl (C=O) groups excluding carboxylic acids is 2. The Balaban J connectivity index is 1.31. The fourth-order valence-corrected chi connectivity index (χ4v) is 6.86. The van der Waals surface area contributed by atoms with Gasteiger partial charge in [-0.25, -0.2) is 9.18 Å². The molecule has 37 heavy (non-hydrogen) atoms. The smallest absolute Gasteiger partial charge is 0.407 e. The standard InChI is InChI=1S/C30H35FN2O4/c1-3-36-30(35)33-16-19-7-11-25-22(13-19)15-27-28(18(2)37-29(27)34)26(25)12-10-24-9-8-21(17-32-24)20-5-4-6-23(31)14-20/h4-6,8-10,12,14,17-19,22,25-28H,3,7,11,13,15-16H2,1-2H3,(H,33,35)/b12-10+/t18-,19-,22+,25-,26+,27-,28+/m1/s1. The summed E-state index contributed by atoms with van der Waals surface area (Å²) < 4.78 is 24.3. The minimum Gasteiger partial charge on any atom is -0.462 e. The van der Waals surface area contributed by atoms with Crippen LogP contribution in [0.15, 0.2) is 48.7 Å². The largest absolute Gasteiger partial charge is 0.462 e. The van der Waals surface area contributed by atoms with E-state index in [1.165, 1.54) is 12.1 Å². The second-order valence-corrected chi connectivity index (χ2v) is 10.7. The lowest BCUT2D eigenvalue weighted by Crippen LogP contribution is -2.45. The van der Waals surface area contributed by atoms with Gasteiger partial charge in [0, 0.05) is 24.2 Å². The van der Waals surface area contributed by atoms with Crippen LogP contribution in [0.2, 0.25) is 0 Å². The summed E-state index contributed by atoms with van der Waals surface area (Å²) in [6.45, 7) is 4.79. The lowest BCUT2D eigenvalue weighted by molar-refractivity contribution is -0.144. The number of allylic oxidation sites excluding steroid dienone is 1. The summed E-state index contributed by atoms with van der Waals surface area (Å²) >= 11 is 0. The molecule has 0 bridgehead atoms. The maximum absolute atomic E-state index is 13.6. The number of aromatic nitrogens is 1. The van der Waals surface area contributed by atoms with Gasteiger partial charge in [0.2, 0.25) is 0 Å². The monoisotopic (exact) mass is 506 g/mol. The van der Waals surface area contributed by atoms with E-state index in [0.717, 1.165) is 42.5 Å². The van der Waals surface area contributed by atoms with E-state index in [4.69, 9.17) is 9.47 Å². The Hall–Kier alpha value is -3.22. The zero-order valence-electron chi connectivity index (χ0n) is 21.4. The number of benzene rings is 1. The van der Waals surface area contributed by atoms with E-state index in [2.05, 4.69) is 22.5 Å². The minimum atomic E-state index is -0.363. The number of rotatable bonds is 6. The van der Waals surface area contributed by atoms with Crippen molar-refractivity contribution in [2.45, 2.75) is 45.6 Å². The predicted molar refractivity (Wildman–Crippen MR) is 139 cm³/mol. The highest BCUT2D eigenvalue weighted by Gasteiger charge is 2.54. The van der Waals surface area contributed by atoms with Crippen molar-refractivity contribution in [3.8, 4) is 11.1 Å². The first kappa shape index (κ1) is 25.4. The molecule has 6 nitrogen and oxygen atoms in total. The molecule has 0 spiro atoms. The molecule has 1 aromatic carbocycles. The maximum atomic E-state index is 13.6. The number of alkyl carbamates (subject to hydrolysis) is 1. The van der Waals surface area contributed by atoms with E-state index in [9.17, 15) is 14.0 Å². The first-order valence-electron chi connectivity index (χ1n) is 13.4. The van der Waals surface area contributed by atoms with E-state index >= 15 is 0 Å². The molecule has 1 aliphatic heterocycles. The molecule has 2 aliphatic carbocycles. The Bertz CT molecular complexity index is 1150. The van der Waals surface area contributed by atoms with Crippen molar-refractivity contribution in [3.05, 3.63) is 60.2 Å². The number of esters is 1. The molecule has 5 rings (SSSR count). The zero-order valence-corrected chi connectivity index (χ0v) is 21.4. The number of hydrogen-bond acceptors (Lipinski definition) is 5. The third-order valence-electron chi connectivity index (χ3n) is 8.50. The molecule has 0 radical (unpaired) electrons. The van der Waals surface area contributed by atoms with Gasteiger partial charge in [-0.15, -0.1) is 0 Å². The molecular weight excluding hydrogens is 471 g/mol. The summed E-state index contributed by atoms with van der Waals surface area (Å²) in [6, 6.07) is 10.4. The van der Waals surface area contributed by atoms with Crippen molar-refractivity contribution in [2.24, 2.45) is 35.5 Å². The van der Waals surface area contributed by atoms with Gasteiger partial charge in [0.25, 0.3) is 0 Å². The second kappa shape index (κ2) is 11.0. The first-order valence-corrected chi connectivity index (χ1v) is 13.4. The summed E-state index contributed by atoms with van der Waals surface area (Å²) in [4.78, 5) is 29.1. The molecule has 7 heteroatoms. The summed E-state index contributed by atoms with van der Waals surface area (Å²) in [5, 5.41) is 2.89. The molecule has 1 amide bonds. The summed E-state index contributed by atoms with van der Waals surface area (Å²) in [7, 11) is 0. The number of nitrogens with zero attached hydrogens (tertiary/aromatic N) is 1. The number of hydrogen-bond donors (Lipinski definition) is 1. The summed E-state index contributed by atoms with van der Waals surface area (Å²) in [6.07, 6.45) is 9.57. The van der Waals surface area contributed by atoms with Crippen LogP contribution in [0.4, 0.5) is 9.18 Å². The maximum Gasteiger partial charge on any atom is 0.407 e. The van der Waals surface area contributed by atoms with E-state index in [1.54, 1.807) is 19.2 Å². The van der Waals surface area contributed by atoms with Crippen molar-refractivity contribution < 1.29 is 23.5 Å². The molecule has 1 aromatic heterocycles. The van der Waals surface area contributed by atoms with Crippen LogP contribution in [0.1, 0.15) is 45.2 Å². The van der Waals surface area contributed by atoms with Crippen molar-refractivity contribution in [2.75, 3.05) is 13.2 Å². The molecule has 1 saturated heterocycles. The van der Waals surface area contributed by atoms with Crippen molar-refractivity contribution in [1.82, 2.24) is 10.3 Å². The average Bonchev–Trinajstić information content (AvgIpc) is 3.18. The normalized spacial score (nSPS) is 30.9. The van der Waals surface area contributed by atoms with Gasteiger partial charge in [0.05, 0.1) is 18.2 Å². The highest BCUT2D eigenvalue weighted by molar-refractivity contribution is 5.75. The van der Waals surface area contributed by atoms with Crippen LogP contribution in [0.25, 0.3) is 17.2 Å². The number of amides is 1. The van der Waals surface area contributed by atoms with Gasteiger partial charge in [-0.2, -0.15) is 0 Å². The fourth-order valence-electron chi connectivity index (χ4n) is 6.86. The lowest BCUT2D eigenvalue weighted by Gasteiger charge is -2.47. The second-order valence-electron chi connectivity index (χ2n) is 10.7. The molecule has 2 aromatic rings. The lowest BCUT2D eigenvalue weighted by atomic mass is 9.56. The molecule has 3 fully saturated rings. The molecule has 196 valence electrons. The molecular formula is C30H35FN2O4. The Morgan fingerprint density at radius 3 is 2.84 bits per heavy atom. The van der Waals surface area contributed by atoms with E-state index in [0.29, 0.717) is 30.9 Å². The Labute approximate surface area is 217 Å². The highest BCUT2D eigenvalue weighted by atomic mass is 19.1. The number of carbonyl (C=O) groups is 2. The fraction of sp³-hybridized carbons (Fsp3) is 0.500. The molecule has 0 unspecified atom stereocenters. The van der Waals surface area contributed by atoms with Crippen molar-refractivity contribution in [1.29, 1.82) is 0 Å². The van der Waals surface area contributed by atoms with Gasteiger partial charge >= 0.3 is 12.1 Å². The quantitative estimate of drug-likeness (QED) is 0.496. The average molecular weight is 507 g/mol. The Morgan fingerprint density at radius 2 is 2.08 bits per heavy atom. The number of fused-ring (bicyclic) bond motifs is 2. The topological polar surface area (TPSA) is 77.5 Å². The third kappa shape index (κ3) is 5.55. The molecule has 2 saturated carbocycles. The SMILES string of the molecule is CCOC(=O)NC[C@@H]1CC[C@@H]2[C@@H](C1)C[C@H]1C(=O)O[C@H](C)[C@H]1[C@H]2/C=C/c1ccc(-c2cccc(F)c2)cn1. The first-order chi connectivity index (χ1) is 17.9. The van der Waals surface area contributed by atoms with Gasteiger partial charge in [0.15, 0.2) is 0 Å². The van der Waals surface area contributed by atoms with Crippen LogP contribution in [-0.2, 0) is 14.3 Å². The zero-order chi connectivity index (χ0) is 25.9. The van der Waals surface area contributed by atoms with E-state index < -0.39 is 0 Å². The molecule has 1 N–H and O–H groups in total. The van der Waals surface area contributed by atoms with Crippen LogP contribution in [0.5, 0.6) is 0 Å². The van der Waals surface area contributed by atoms with Crippen molar-refractivity contribution >= 4 is 18.1 Å². The number of ether oxygens (including phenoxy) is 2. The van der Waals surface area contributed by atoms with Gasteiger partial charge in [-0.05, 0) is 93.0 Å². The van der Waals surface area contributed by atoms with Gasteiger partial charge in [-0.1, -0.05) is 24.3 Å². The molecule has 7 atom stereocenters. The van der Waals surface area contributed by atoms with Crippen LogP contribution < -0.4 is 5.32 Å². The van der Waals surface area contributed by atoms with Crippen LogP contribution in [0.3, 0.4) is 0 Å². The van der Waals surface area contributed by atoms with Crippen LogP contribution >= 0.6 is 0 Å². The van der Waals surface area contributed by atoms with Gasteiger partial charge in [0.1, 0.15) is 11.9 Å². The number of halogens is 1. The summed E-state index contributed by atoms with van der Waals surface area (Å²) in [5.41, 5.74) is 2.50. The van der Waals surface area contributed by atoms with E-state index in [-0.39, 0.29) is 41.7 Å². The Morgan fingerprint density at radius 1 is 1.22 bits per heavy atom. The van der Waals surface area contributed by atoms with Gasteiger partial charge in [-0.3, -0.25) is 9.78 Å². The van der Waals surface area contributed by atoms with Crippen molar-refractivity contribution in [3.63, 3.8) is 0 Å². The van der Waals surface area contributed by atoms with Crippen LogP contribution in [0, 0.1) is 41.3 Å². The number of nitrogens with one attached hydrogen (secondary N) is 1. The molecule has 2 heterocycles. The third-order valence-corrected chi connectivity index (χ3v) is 8.50. The predicted octanol–water partition coefficient (Wildman–Crippen LogP) is 5.88. The number of pyridine rings is 1. The van der Waals surface area contributed by atoms with Crippen LogP contribution in [-0.4, -0.2) is 36.3 Å². The van der Waals surface area contributed by atoms with Gasteiger partial charge < -0.3 is 14.8 Å². The minimum absolute atomic E-state index is 0.0707.